The van der Waals surface area contributed by atoms with Gasteiger partial charge in [0.05, 0.1) is 42.4 Å². The topological polar surface area (TPSA) is 128 Å². The summed E-state index contributed by atoms with van der Waals surface area (Å²) in [5.74, 6) is 1.70. The van der Waals surface area contributed by atoms with Gasteiger partial charge in [-0.15, -0.1) is 0 Å². The maximum Gasteiger partial charge on any atom is 0.242 e. The van der Waals surface area contributed by atoms with Crippen LogP contribution in [0.4, 0.5) is 0 Å². The molecule has 2 aliphatic heterocycles. The second-order valence-electron chi connectivity index (χ2n) is 11.5. The van der Waals surface area contributed by atoms with Gasteiger partial charge in [-0.05, 0) is 61.4 Å². The number of nitrogens with zero attached hydrogens (tertiary/aromatic N) is 3. The number of carbonyl (C=O) groups excluding carboxylic acids is 2. The Balaban J connectivity index is 0.000000688. The molecule has 0 radical (unpaired) electrons. The van der Waals surface area contributed by atoms with Crippen LogP contribution in [0.1, 0.15) is 90.5 Å². The fourth-order valence-electron chi connectivity index (χ4n) is 5.81. The summed E-state index contributed by atoms with van der Waals surface area (Å²) in [6.45, 7) is 11.3. The van der Waals surface area contributed by atoms with E-state index in [1.165, 1.54) is 12.8 Å². The van der Waals surface area contributed by atoms with Gasteiger partial charge in [0.1, 0.15) is 11.6 Å². The Bertz CT molecular complexity index is 1470. The molecule has 2 saturated heterocycles. The third kappa shape index (κ3) is 9.86. The number of rotatable bonds is 8. The Labute approximate surface area is 280 Å². The van der Waals surface area contributed by atoms with Crippen molar-refractivity contribution in [1.29, 1.82) is 0 Å². The van der Waals surface area contributed by atoms with E-state index in [-0.39, 0.29) is 24.5 Å². The standard InChI is InChI=1S/C30H33N7O2.C3H8.C2H6O.C2H6/c1-19-4-13-27(37(19)28(39)17-31-18-38)30-34-16-26(36-30)23-11-7-21(8-12-23)20-5-9-22(10-6-20)25-15-33-29(35-25)24-3-2-14-32-24;2*1-3-2;1-2/h5-12,15-16,18-19,24,27,32H,2-4,13-14,17H2,1H3,(H,31,38)(H,33,35)(H,34,36);3H2,1-2H3;1-2H3;1-2H3. The van der Waals surface area contributed by atoms with Crippen molar-refractivity contribution in [3.63, 3.8) is 0 Å². The quantitative estimate of drug-likeness (QED) is 0.152. The number of benzene rings is 2. The molecule has 0 aliphatic carbocycles. The molecule has 4 heterocycles. The van der Waals surface area contributed by atoms with Crippen molar-refractivity contribution in [2.24, 2.45) is 0 Å². The molecule has 47 heavy (non-hydrogen) atoms. The predicted molar refractivity (Wildman–Crippen MR) is 190 cm³/mol. The molecule has 2 aromatic carbocycles. The van der Waals surface area contributed by atoms with E-state index in [1.54, 1.807) is 14.2 Å². The Morgan fingerprint density at radius 3 is 1.85 bits per heavy atom. The van der Waals surface area contributed by atoms with Crippen molar-refractivity contribution >= 4 is 12.3 Å². The highest BCUT2D eigenvalue weighted by atomic mass is 16.4. The third-order valence-corrected chi connectivity index (χ3v) is 7.92. The number of amides is 2. The molecule has 0 bridgehead atoms. The number of hydrogen-bond donors (Lipinski definition) is 4. The average molecular weight is 644 g/mol. The van der Waals surface area contributed by atoms with Crippen molar-refractivity contribution in [2.75, 3.05) is 27.3 Å². The van der Waals surface area contributed by atoms with Crippen LogP contribution in [0.2, 0.25) is 0 Å². The van der Waals surface area contributed by atoms with Gasteiger partial charge in [0.25, 0.3) is 0 Å². The monoisotopic (exact) mass is 643 g/mol. The van der Waals surface area contributed by atoms with Crippen LogP contribution in [0.3, 0.4) is 0 Å². The molecule has 3 atom stereocenters. The number of H-pyrrole nitrogens is 2. The third-order valence-electron chi connectivity index (χ3n) is 7.92. The smallest absolute Gasteiger partial charge is 0.242 e. The summed E-state index contributed by atoms with van der Waals surface area (Å²) >= 11 is 0. The van der Waals surface area contributed by atoms with Gasteiger partial charge in [0, 0.05) is 20.3 Å². The second-order valence-corrected chi connectivity index (χ2v) is 11.5. The van der Waals surface area contributed by atoms with E-state index in [0.717, 1.165) is 71.1 Å². The first-order chi connectivity index (χ1) is 22.9. The molecule has 2 amide bonds. The van der Waals surface area contributed by atoms with Crippen LogP contribution in [-0.2, 0) is 14.3 Å². The van der Waals surface area contributed by atoms with Crippen LogP contribution in [0, 0.1) is 0 Å². The van der Waals surface area contributed by atoms with E-state index in [1.807, 2.05) is 38.1 Å². The number of aromatic amines is 2. The normalized spacial score (nSPS) is 18.2. The van der Waals surface area contributed by atoms with Crippen molar-refractivity contribution in [3.8, 4) is 33.6 Å². The summed E-state index contributed by atoms with van der Waals surface area (Å²) in [5.41, 5.74) is 6.38. The van der Waals surface area contributed by atoms with Gasteiger partial charge in [-0.3, -0.25) is 9.59 Å². The van der Waals surface area contributed by atoms with Crippen molar-refractivity contribution < 1.29 is 14.3 Å². The maximum atomic E-state index is 12.7. The van der Waals surface area contributed by atoms with Gasteiger partial charge in [-0.1, -0.05) is 82.6 Å². The van der Waals surface area contributed by atoms with Gasteiger partial charge in [-0.2, -0.15) is 0 Å². The number of hydrogen-bond acceptors (Lipinski definition) is 6. The number of ether oxygens (including phenoxy) is 1. The fourth-order valence-corrected chi connectivity index (χ4v) is 5.81. The van der Waals surface area contributed by atoms with E-state index in [9.17, 15) is 9.59 Å². The Morgan fingerprint density at radius 1 is 0.872 bits per heavy atom. The summed E-state index contributed by atoms with van der Waals surface area (Å²) in [7, 11) is 3.25. The molecule has 0 saturated carbocycles. The van der Waals surface area contributed by atoms with Crippen LogP contribution in [0.5, 0.6) is 0 Å². The molecule has 254 valence electrons. The minimum Gasteiger partial charge on any atom is -0.388 e. The molecule has 10 heteroatoms. The summed E-state index contributed by atoms with van der Waals surface area (Å²) in [4.78, 5) is 41.2. The first-order valence-electron chi connectivity index (χ1n) is 16.9. The van der Waals surface area contributed by atoms with Crippen molar-refractivity contribution in [2.45, 2.75) is 84.8 Å². The van der Waals surface area contributed by atoms with E-state index in [2.05, 4.69) is 97.7 Å². The molecule has 10 nitrogen and oxygen atoms in total. The highest BCUT2D eigenvalue weighted by molar-refractivity contribution is 5.81. The van der Waals surface area contributed by atoms with Crippen molar-refractivity contribution in [1.82, 2.24) is 35.5 Å². The number of nitrogens with one attached hydrogen (secondary N) is 4. The molecule has 6 rings (SSSR count). The van der Waals surface area contributed by atoms with Crippen LogP contribution < -0.4 is 10.6 Å². The maximum absolute atomic E-state index is 12.7. The zero-order valence-corrected chi connectivity index (χ0v) is 29.1. The highest BCUT2D eigenvalue weighted by Gasteiger charge is 2.36. The minimum absolute atomic E-state index is 0.00121. The first-order valence-corrected chi connectivity index (χ1v) is 16.9. The SMILES string of the molecule is CC.CC1CCC(c2ncc(-c3ccc(-c4ccc(-c5cnc(C6CCCN6)[nH]5)cc4)cc3)[nH]2)N1C(=O)CNC=O.CCC.COC. The summed E-state index contributed by atoms with van der Waals surface area (Å²) in [6, 6.07) is 17.3. The van der Waals surface area contributed by atoms with E-state index in [0.29, 0.717) is 12.5 Å². The lowest BCUT2D eigenvalue weighted by Gasteiger charge is -2.27. The van der Waals surface area contributed by atoms with Crippen LogP contribution in [-0.4, -0.2) is 70.5 Å². The summed E-state index contributed by atoms with van der Waals surface area (Å²) in [5, 5.41) is 5.97. The Morgan fingerprint density at radius 2 is 1.36 bits per heavy atom. The number of methoxy groups -OCH3 is 1. The van der Waals surface area contributed by atoms with Crippen LogP contribution in [0.15, 0.2) is 60.9 Å². The highest BCUT2D eigenvalue weighted by Crippen LogP contribution is 2.36. The molecule has 2 aliphatic rings. The molecule has 4 N–H and O–H groups in total. The second kappa shape index (κ2) is 19.4. The Hall–Kier alpha value is -4.28. The van der Waals surface area contributed by atoms with E-state index < -0.39 is 0 Å². The number of aromatic nitrogens is 4. The fraction of sp³-hybridized carbons (Fsp3) is 0.459. The van der Waals surface area contributed by atoms with Crippen LogP contribution in [0.25, 0.3) is 33.6 Å². The zero-order valence-electron chi connectivity index (χ0n) is 29.1. The largest absolute Gasteiger partial charge is 0.388 e. The lowest BCUT2D eigenvalue weighted by atomic mass is 10.0. The number of carbonyl (C=O) groups is 2. The average Bonchev–Trinajstić information content (AvgIpc) is 3.93. The summed E-state index contributed by atoms with van der Waals surface area (Å²) < 4.78 is 4.25. The molecule has 4 aromatic rings. The number of imidazole rings is 2. The van der Waals surface area contributed by atoms with E-state index >= 15 is 0 Å². The molecule has 2 fully saturated rings. The van der Waals surface area contributed by atoms with Gasteiger partial charge in [-0.25, -0.2) is 9.97 Å². The minimum atomic E-state index is -0.118. The first kappa shape index (κ1) is 37.2. The molecule has 0 spiro atoms. The van der Waals surface area contributed by atoms with E-state index in [4.69, 9.17) is 0 Å². The lowest BCUT2D eigenvalue weighted by molar-refractivity contribution is -0.134. The predicted octanol–water partition coefficient (Wildman–Crippen LogP) is 7.06. The van der Waals surface area contributed by atoms with Crippen molar-refractivity contribution in [3.05, 3.63) is 72.6 Å². The lowest BCUT2D eigenvalue weighted by Crippen LogP contribution is -2.41. The molecule has 2 aromatic heterocycles. The van der Waals surface area contributed by atoms with Gasteiger partial charge in [0.15, 0.2) is 0 Å². The number of likely N-dealkylation sites (tertiary alicyclic amines) is 1. The zero-order chi connectivity index (χ0) is 34.2. The molecular formula is C37H53N7O3. The molecule has 3 unspecified atom stereocenters. The van der Waals surface area contributed by atoms with Gasteiger partial charge < -0.3 is 30.2 Å². The van der Waals surface area contributed by atoms with Gasteiger partial charge in [0.2, 0.25) is 12.3 Å². The Kier molecular flexibility index (Phi) is 15.3. The molecular weight excluding hydrogens is 590 g/mol. The van der Waals surface area contributed by atoms with Crippen LogP contribution >= 0.6 is 0 Å². The van der Waals surface area contributed by atoms with Gasteiger partial charge >= 0.3 is 0 Å². The summed E-state index contributed by atoms with van der Waals surface area (Å²) in [6.07, 6.45) is 9.61.